The highest BCUT2D eigenvalue weighted by atomic mass is 19.4. The van der Waals surface area contributed by atoms with Gasteiger partial charge in [0.1, 0.15) is 17.8 Å². The van der Waals surface area contributed by atoms with Crippen molar-refractivity contribution in [3.63, 3.8) is 0 Å². The van der Waals surface area contributed by atoms with Gasteiger partial charge in [0.15, 0.2) is 0 Å². The SMILES string of the molecule is Cn1cnc2cc(-c3ccc(C4CCNCC4)cc3)nc(NCCOC(=O)C(F)(F)F)c2c1=O. The van der Waals surface area contributed by atoms with Gasteiger partial charge in [0.05, 0.1) is 24.1 Å². The zero-order valence-electron chi connectivity index (χ0n) is 18.5. The van der Waals surface area contributed by atoms with Gasteiger partial charge < -0.3 is 19.9 Å². The van der Waals surface area contributed by atoms with Gasteiger partial charge >= 0.3 is 12.1 Å². The maximum absolute atomic E-state index is 12.7. The minimum Gasteiger partial charge on any atom is -0.457 e. The lowest BCUT2D eigenvalue weighted by Crippen LogP contribution is -2.27. The molecule has 4 rings (SSSR count). The second kappa shape index (κ2) is 9.80. The molecule has 0 unspecified atom stereocenters. The number of hydrogen-bond acceptors (Lipinski definition) is 7. The molecule has 3 heterocycles. The molecule has 1 aliphatic heterocycles. The molecule has 0 spiro atoms. The minimum absolute atomic E-state index is 0.159. The number of anilines is 1. The number of nitrogens with one attached hydrogen (secondary N) is 2. The Morgan fingerprint density at radius 3 is 2.62 bits per heavy atom. The molecule has 2 N–H and O–H groups in total. The Kier molecular flexibility index (Phi) is 6.82. The number of carbonyl (C=O) groups is 1. The van der Waals surface area contributed by atoms with Gasteiger partial charge in [-0.05, 0) is 43.5 Å². The Balaban J connectivity index is 1.60. The molecule has 1 aliphatic rings. The van der Waals surface area contributed by atoms with Crippen molar-refractivity contribution in [2.45, 2.75) is 24.9 Å². The van der Waals surface area contributed by atoms with E-state index in [0.29, 0.717) is 17.1 Å². The molecule has 0 amide bonds. The van der Waals surface area contributed by atoms with E-state index in [2.05, 4.69) is 37.5 Å². The minimum atomic E-state index is -5.06. The van der Waals surface area contributed by atoms with Crippen LogP contribution in [0.1, 0.15) is 24.3 Å². The molecule has 0 radical (unpaired) electrons. The molecule has 2 aromatic heterocycles. The number of carbonyl (C=O) groups excluding carboxylic acids is 1. The maximum atomic E-state index is 12.7. The Bertz CT molecular complexity index is 1240. The number of pyridine rings is 1. The molecule has 180 valence electrons. The normalized spacial score (nSPS) is 14.8. The summed E-state index contributed by atoms with van der Waals surface area (Å²) in [6.45, 7) is 1.27. The van der Waals surface area contributed by atoms with Gasteiger partial charge in [-0.2, -0.15) is 13.2 Å². The lowest BCUT2D eigenvalue weighted by atomic mass is 9.89. The smallest absolute Gasteiger partial charge is 0.457 e. The average molecular weight is 475 g/mol. The Labute approximate surface area is 193 Å². The molecule has 0 bridgehead atoms. The number of benzene rings is 1. The molecule has 1 saturated heterocycles. The van der Waals surface area contributed by atoms with Crippen LogP contribution in [0.25, 0.3) is 22.2 Å². The van der Waals surface area contributed by atoms with E-state index in [1.54, 1.807) is 6.07 Å². The first-order valence-electron chi connectivity index (χ1n) is 10.9. The van der Waals surface area contributed by atoms with Crippen LogP contribution in [0.4, 0.5) is 19.0 Å². The Hall–Kier alpha value is -3.47. The summed E-state index contributed by atoms with van der Waals surface area (Å²) in [5.74, 6) is -1.61. The van der Waals surface area contributed by atoms with Crippen molar-refractivity contribution < 1.29 is 22.7 Å². The summed E-state index contributed by atoms with van der Waals surface area (Å²) in [4.78, 5) is 32.5. The number of ether oxygens (including phenoxy) is 1. The van der Waals surface area contributed by atoms with Crippen molar-refractivity contribution in [3.05, 3.63) is 52.6 Å². The van der Waals surface area contributed by atoms with E-state index in [9.17, 15) is 22.8 Å². The monoisotopic (exact) mass is 475 g/mol. The van der Waals surface area contributed by atoms with E-state index in [1.165, 1.54) is 23.5 Å². The summed E-state index contributed by atoms with van der Waals surface area (Å²) < 4.78 is 42.5. The zero-order valence-corrected chi connectivity index (χ0v) is 18.5. The fraction of sp³-hybridized carbons (Fsp3) is 0.391. The van der Waals surface area contributed by atoms with E-state index >= 15 is 0 Å². The number of nitrogens with zero attached hydrogens (tertiary/aromatic N) is 3. The van der Waals surface area contributed by atoms with Crippen molar-refractivity contribution in [1.29, 1.82) is 0 Å². The van der Waals surface area contributed by atoms with Crippen LogP contribution < -0.4 is 16.2 Å². The third-order valence-electron chi connectivity index (χ3n) is 5.78. The number of alkyl halides is 3. The molecule has 0 aliphatic carbocycles. The van der Waals surface area contributed by atoms with Crippen molar-refractivity contribution in [3.8, 4) is 11.3 Å². The molecule has 0 saturated carbocycles. The number of halogens is 3. The van der Waals surface area contributed by atoms with Crippen LogP contribution in [0, 0.1) is 0 Å². The average Bonchev–Trinajstić information content (AvgIpc) is 2.83. The first-order chi connectivity index (χ1) is 16.2. The van der Waals surface area contributed by atoms with Crippen molar-refractivity contribution in [1.82, 2.24) is 19.9 Å². The number of aromatic nitrogens is 3. The van der Waals surface area contributed by atoms with Gasteiger partial charge in [-0.15, -0.1) is 0 Å². The summed E-state index contributed by atoms with van der Waals surface area (Å²) in [5.41, 5.74) is 2.65. The molecule has 3 aromatic rings. The number of hydrogen-bond donors (Lipinski definition) is 2. The van der Waals surface area contributed by atoms with Crippen LogP contribution in [-0.4, -0.2) is 52.9 Å². The predicted molar refractivity (Wildman–Crippen MR) is 121 cm³/mol. The lowest BCUT2D eigenvalue weighted by molar-refractivity contribution is -0.199. The summed E-state index contributed by atoms with van der Waals surface area (Å²) >= 11 is 0. The molecule has 34 heavy (non-hydrogen) atoms. The molecular formula is C23H24F3N5O3. The van der Waals surface area contributed by atoms with Gasteiger partial charge in [-0.3, -0.25) is 4.79 Å². The second-order valence-electron chi connectivity index (χ2n) is 8.12. The molecule has 1 fully saturated rings. The number of fused-ring (bicyclic) bond motifs is 1. The van der Waals surface area contributed by atoms with Gasteiger partial charge in [0.2, 0.25) is 0 Å². The van der Waals surface area contributed by atoms with E-state index in [1.807, 2.05) is 12.1 Å². The first kappa shape index (κ1) is 23.7. The van der Waals surface area contributed by atoms with Gasteiger partial charge in [-0.25, -0.2) is 14.8 Å². The highest BCUT2D eigenvalue weighted by Crippen LogP contribution is 2.29. The van der Waals surface area contributed by atoms with Crippen molar-refractivity contribution in [2.24, 2.45) is 7.05 Å². The van der Waals surface area contributed by atoms with E-state index < -0.39 is 18.8 Å². The van der Waals surface area contributed by atoms with E-state index in [0.717, 1.165) is 31.5 Å². The Morgan fingerprint density at radius 1 is 1.24 bits per heavy atom. The van der Waals surface area contributed by atoms with Crippen LogP contribution >= 0.6 is 0 Å². The van der Waals surface area contributed by atoms with E-state index in [4.69, 9.17) is 0 Å². The standard InChI is InChI=1S/C23H24F3N5O3/c1-31-13-29-18-12-17(16-4-2-14(3-5-16)15-6-8-27-9-7-15)30-20(19(18)21(31)32)28-10-11-34-22(33)23(24,25)26/h2-5,12-13,15,27H,6-11H2,1H3,(H,28,30). The highest BCUT2D eigenvalue weighted by Gasteiger charge is 2.40. The quantitative estimate of drug-likeness (QED) is 0.418. The van der Waals surface area contributed by atoms with Gasteiger partial charge in [0.25, 0.3) is 5.56 Å². The largest absolute Gasteiger partial charge is 0.490 e. The van der Waals surface area contributed by atoms with Crippen LogP contribution in [0.5, 0.6) is 0 Å². The third kappa shape index (κ3) is 5.19. The lowest BCUT2D eigenvalue weighted by Gasteiger charge is -2.23. The van der Waals surface area contributed by atoms with Gasteiger partial charge in [-0.1, -0.05) is 24.3 Å². The number of esters is 1. The zero-order chi connectivity index (χ0) is 24.3. The van der Waals surface area contributed by atoms with Crippen LogP contribution in [0.2, 0.25) is 0 Å². The van der Waals surface area contributed by atoms with Crippen molar-refractivity contribution >= 4 is 22.7 Å². The number of rotatable bonds is 6. The number of piperidine rings is 1. The predicted octanol–water partition coefficient (Wildman–Crippen LogP) is 2.98. The summed E-state index contributed by atoms with van der Waals surface area (Å²) in [6.07, 6.45) is -1.52. The summed E-state index contributed by atoms with van der Waals surface area (Å²) in [5, 5.41) is 6.37. The molecule has 1 aromatic carbocycles. The van der Waals surface area contributed by atoms with E-state index in [-0.39, 0.29) is 23.3 Å². The van der Waals surface area contributed by atoms with Crippen molar-refractivity contribution in [2.75, 3.05) is 31.6 Å². The molecule has 0 atom stereocenters. The third-order valence-corrected chi connectivity index (χ3v) is 5.78. The fourth-order valence-electron chi connectivity index (χ4n) is 3.97. The fourth-order valence-corrected chi connectivity index (χ4v) is 3.97. The molecule has 11 heteroatoms. The maximum Gasteiger partial charge on any atom is 0.490 e. The van der Waals surface area contributed by atoms with Crippen LogP contribution in [0.3, 0.4) is 0 Å². The summed E-state index contributed by atoms with van der Waals surface area (Å²) in [7, 11) is 1.54. The highest BCUT2D eigenvalue weighted by molar-refractivity contribution is 5.91. The van der Waals surface area contributed by atoms with Gasteiger partial charge in [0, 0.05) is 12.6 Å². The second-order valence-corrected chi connectivity index (χ2v) is 8.12. The first-order valence-corrected chi connectivity index (χ1v) is 10.9. The summed E-state index contributed by atoms with van der Waals surface area (Å²) in [6, 6.07) is 9.75. The van der Waals surface area contributed by atoms with Crippen LogP contribution in [0.15, 0.2) is 41.5 Å². The Morgan fingerprint density at radius 2 is 1.94 bits per heavy atom. The molecule has 8 nitrogen and oxygen atoms in total. The molecular weight excluding hydrogens is 451 g/mol. The van der Waals surface area contributed by atoms with Crippen LogP contribution in [-0.2, 0) is 16.6 Å². The number of aryl methyl sites for hydroxylation is 1. The topological polar surface area (TPSA) is 98.1 Å².